The molecule has 2 aromatic carbocycles. The quantitative estimate of drug-likeness (QED) is 0.313. The first-order chi connectivity index (χ1) is 13.2. The van der Waals surface area contributed by atoms with Crippen LogP contribution in [-0.2, 0) is 12.8 Å². The lowest BCUT2D eigenvalue weighted by molar-refractivity contribution is 0.251. The second-order valence-electron chi connectivity index (χ2n) is 7.07. The molecule has 0 bridgehead atoms. The molecule has 1 aliphatic rings. The Labute approximate surface area is 161 Å². The Hall–Kier alpha value is -3.48. The molecule has 1 aliphatic carbocycles. The zero-order valence-corrected chi connectivity index (χ0v) is 15.2. The third kappa shape index (κ3) is 3.78. The zero-order chi connectivity index (χ0) is 20.6. The van der Waals surface area contributed by atoms with Crippen LogP contribution in [0.4, 0.5) is 0 Å². The van der Waals surface area contributed by atoms with Crippen molar-refractivity contribution in [2.45, 2.75) is 26.2 Å². The van der Waals surface area contributed by atoms with Gasteiger partial charge in [0.15, 0.2) is 17.3 Å². The van der Waals surface area contributed by atoms with Crippen LogP contribution in [0.1, 0.15) is 28.7 Å². The molecule has 1 atom stereocenters. The van der Waals surface area contributed by atoms with Crippen molar-refractivity contribution in [3.8, 4) is 23.0 Å². The molecule has 28 heavy (non-hydrogen) atoms. The van der Waals surface area contributed by atoms with Crippen LogP contribution in [0.3, 0.4) is 0 Å². The standard InChI is InChI=1S/C21H22O7/c1-10-2-11(3-12-6-17(24)19(26)8-15(12)22)4-14(21(10)28)5-13-7-18(25)20(27)9-16(13)23/h2,4,6,8-9,13,22-28H,3,5,7H2,1H3. The maximum atomic E-state index is 10.4. The number of aryl methyl sites for hydroxylation is 1. The fraction of sp³-hybridized carbons (Fsp3) is 0.238. The topological polar surface area (TPSA) is 142 Å². The predicted molar refractivity (Wildman–Crippen MR) is 102 cm³/mol. The maximum Gasteiger partial charge on any atom is 0.161 e. The molecule has 7 nitrogen and oxygen atoms in total. The Morgan fingerprint density at radius 1 is 0.821 bits per heavy atom. The highest BCUT2D eigenvalue weighted by Crippen LogP contribution is 2.36. The van der Waals surface area contributed by atoms with Gasteiger partial charge in [-0.3, -0.25) is 0 Å². The third-order valence-electron chi connectivity index (χ3n) is 4.91. The van der Waals surface area contributed by atoms with Gasteiger partial charge in [-0.15, -0.1) is 0 Å². The SMILES string of the molecule is Cc1cc(Cc2cc(O)c(O)cc2O)cc(CC2CC(O)=C(O)C=C2O)c1O. The van der Waals surface area contributed by atoms with Crippen LogP contribution in [0.2, 0.25) is 0 Å². The number of aliphatic hydroxyl groups is 3. The number of phenolic OH excluding ortho intramolecular Hbond substituents is 4. The minimum Gasteiger partial charge on any atom is -0.512 e. The van der Waals surface area contributed by atoms with E-state index in [1.807, 2.05) is 0 Å². The van der Waals surface area contributed by atoms with Gasteiger partial charge in [-0.1, -0.05) is 12.1 Å². The van der Waals surface area contributed by atoms with Crippen LogP contribution in [0.15, 0.2) is 47.6 Å². The van der Waals surface area contributed by atoms with Crippen molar-refractivity contribution >= 4 is 0 Å². The Morgan fingerprint density at radius 3 is 2.21 bits per heavy atom. The molecule has 0 aromatic heterocycles. The molecule has 7 N–H and O–H groups in total. The number of rotatable bonds is 4. The summed E-state index contributed by atoms with van der Waals surface area (Å²) in [5, 5.41) is 68.8. The lowest BCUT2D eigenvalue weighted by Crippen LogP contribution is -2.14. The van der Waals surface area contributed by atoms with E-state index in [4.69, 9.17) is 0 Å². The summed E-state index contributed by atoms with van der Waals surface area (Å²) in [5.74, 6) is -2.04. The maximum absolute atomic E-state index is 10.4. The van der Waals surface area contributed by atoms with Gasteiger partial charge < -0.3 is 35.7 Å². The summed E-state index contributed by atoms with van der Waals surface area (Å²) >= 11 is 0. The second kappa shape index (κ2) is 7.26. The number of aromatic hydroxyl groups is 4. The Balaban J connectivity index is 1.90. The van der Waals surface area contributed by atoms with Crippen LogP contribution < -0.4 is 0 Å². The number of benzene rings is 2. The summed E-state index contributed by atoms with van der Waals surface area (Å²) in [5.41, 5.74) is 2.28. The van der Waals surface area contributed by atoms with Crippen molar-refractivity contribution < 1.29 is 35.7 Å². The molecule has 0 fully saturated rings. The second-order valence-corrected chi connectivity index (χ2v) is 7.07. The molecule has 0 heterocycles. The molecule has 0 radical (unpaired) electrons. The smallest absolute Gasteiger partial charge is 0.161 e. The van der Waals surface area contributed by atoms with E-state index in [0.717, 1.165) is 17.7 Å². The van der Waals surface area contributed by atoms with Crippen molar-refractivity contribution in [3.05, 3.63) is 69.9 Å². The van der Waals surface area contributed by atoms with Gasteiger partial charge in [0.1, 0.15) is 17.3 Å². The van der Waals surface area contributed by atoms with E-state index in [0.29, 0.717) is 16.7 Å². The number of aliphatic hydroxyl groups excluding tert-OH is 3. The summed E-state index contributed by atoms with van der Waals surface area (Å²) in [6.45, 7) is 1.72. The monoisotopic (exact) mass is 386 g/mol. The minimum atomic E-state index is -0.498. The molecular weight excluding hydrogens is 364 g/mol. The molecule has 0 saturated heterocycles. The summed E-state index contributed by atoms with van der Waals surface area (Å²) in [6.07, 6.45) is 1.61. The van der Waals surface area contributed by atoms with Crippen molar-refractivity contribution in [2.75, 3.05) is 0 Å². The van der Waals surface area contributed by atoms with Crippen molar-refractivity contribution in [1.82, 2.24) is 0 Å². The fourth-order valence-electron chi connectivity index (χ4n) is 3.39. The van der Waals surface area contributed by atoms with E-state index in [1.54, 1.807) is 19.1 Å². The van der Waals surface area contributed by atoms with Crippen LogP contribution in [-0.4, -0.2) is 35.7 Å². The van der Waals surface area contributed by atoms with E-state index in [2.05, 4.69) is 0 Å². The molecular formula is C21H22O7. The van der Waals surface area contributed by atoms with Crippen LogP contribution >= 0.6 is 0 Å². The first-order valence-corrected chi connectivity index (χ1v) is 8.72. The Bertz CT molecular complexity index is 989. The number of hydrogen-bond acceptors (Lipinski definition) is 7. The van der Waals surface area contributed by atoms with Gasteiger partial charge in [0.05, 0.1) is 5.76 Å². The average molecular weight is 386 g/mol. The summed E-state index contributed by atoms with van der Waals surface area (Å²) < 4.78 is 0. The fourth-order valence-corrected chi connectivity index (χ4v) is 3.39. The van der Waals surface area contributed by atoms with E-state index < -0.39 is 11.7 Å². The van der Waals surface area contributed by atoms with Gasteiger partial charge in [-0.2, -0.15) is 0 Å². The molecule has 3 rings (SSSR count). The van der Waals surface area contributed by atoms with Gasteiger partial charge in [0.25, 0.3) is 0 Å². The largest absolute Gasteiger partial charge is 0.512 e. The van der Waals surface area contributed by atoms with Gasteiger partial charge in [-0.05, 0) is 36.1 Å². The first kappa shape index (κ1) is 19.3. The average Bonchev–Trinajstić information content (AvgIpc) is 2.61. The van der Waals surface area contributed by atoms with Gasteiger partial charge >= 0.3 is 0 Å². The Morgan fingerprint density at radius 2 is 1.50 bits per heavy atom. The van der Waals surface area contributed by atoms with Crippen molar-refractivity contribution in [1.29, 1.82) is 0 Å². The predicted octanol–water partition coefficient (Wildman–Crippen LogP) is 3.74. The first-order valence-electron chi connectivity index (χ1n) is 8.72. The van der Waals surface area contributed by atoms with E-state index in [1.165, 1.54) is 6.07 Å². The van der Waals surface area contributed by atoms with E-state index in [-0.39, 0.29) is 53.8 Å². The number of phenols is 4. The van der Waals surface area contributed by atoms with E-state index in [9.17, 15) is 35.7 Å². The number of hydrogen-bond donors (Lipinski definition) is 7. The molecule has 7 heteroatoms. The minimum absolute atomic E-state index is 0.0451. The van der Waals surface area contributed by atoms with Crippen LogP contribution in [0.5, 0.6) is 23.0 Å². The molecule has 0 spiro atoms. The molecule has 0 amide bonds. The Kier molecular flexibility index (Phi) is 5.00. The van der Waals surface area contributed by atoms with Crippen molar-refractivity contribution in [2.24, 2.45) is 5.92 Å². The van der Waals surface area contributed by atoms with Crippen LogP contribution in [0, 0.1) is 12.8 Å². The van der Waals surface area contributed by atoms with Gasteiger partial charge in [0.2, 0.25) is 0 Å². The van der Waals surface area contributed by atoms with E-state index >= 15 is 0 Å². The lowest BCUT2D eigenvalue weighted by atomic mass is 9.87. The van der Waals surface area contributed by atoms with Crippen molar-refractivity contribution in [3.63, 3.8) is 0 Å². The zero-order valence-electron chi connectivity index (χ0n) is 15.2. The summed E-state index contributed by atoms with van der Waals surface area (Å²) in [7, 11) is 0. The molecule has 0 aliphatic heterocycles. The van der Waals surface area contributed by atoms with Gasteiger partial charge in [0, 0.05) is 36.5 Å². The number of allylic oxidation sites excluding steroid dienone is 3. The molecule has 0 saturated carbocycles. The normalized spacial score (nSPS) is 16.9. The highest BCUT2D eigenvalue weighted by molar-refractivity contribution is 5.51. The van der Waals surface area contributed by atoms with Gasteiger partial charge in [-0.25, -0.2) is 0 Å². The molecule has 148 valence electrons. The third-order valence-corrected chi connectivity index (χ3v) is 4.91. The highest BCUT2D eigenvalue weighted by atomic mass is 16.3. The molecule has 1 unspecified atom stereocenters. The van der Waals surface area contributed by atoms with Crippen LogP contribution in [0.25, 0.3) is 0 Å². The highest BCUT2D eigenvalue weighted by Gasteiger charge is 2.25. The molecule has 2 aromatic rings. The lowest BCUT2D eigenvalue weighted by Gasteiger charge is -2.21. The summed E-state index contributed by atoms with van der Waals surface area (Å²) in [6, 6.07) is 5.79. The summed E-state index contributed by atoms with van der Waals surface area (Å²) in [4.78, 5) is 0.